The lowest BCUT2D eigenvalue weighted by molar-refractivity contribution is -0.142. The van der Waals surface area contributed by atoms with E-state index < -0.39 is 0 Å². The van der Waals surface area contributed by atoms with Gasteiger partial charge in [0.1, 0.15) is 0 Å². The van der Waals surface area contributed by atoms with Gasteiger partial charge in [-0.05, 0) is 58.3 Å². The fraction of sp³-hybridized carbons (Fsp3) is 0.933. The Kier molecular flexibility index (Phi) is 7.39. The molecule has 0 aromatic rings. The van der Waals surface area contributed by atoms with Crippen molar-refractivity contribution in [3.05, 3.63) is 0 Å². The van der Waals surface area contributed by atoms with Crippen molar-refractivity contribution in [2.24, 2.45) is 0 Å². The molecular weight excluding hydrogens is 240 g/mol. The summed E-state index contributed by atoms with van der Waals surface area (Å²) in [6.07, 6.45) is 6.08. The summed E-state index contributed by atoms with van der Waals surface area (Å²) in [5.74, 6) is -0.0902. The summed E-state index contributed by atoms with van der Waals surface area (Å²) in [4.78, 5) is 14.2. The number of ether oxygens (including phenoxy) is 1. The molecule has 0 bridgehead atoms. The minimum atomic E-state index is -0.0902. The fourth-order valence-electron chi connectivity index (χ4n) is 2.94. The molecule has 0 saturated carbocycles. The molecule has 1 rings (SSSR count). The van der Waals surface area contributed by atoms with Crippen LogP contribution in [0.2, 0.25) is 0 Å². The number of nitrogens with one attached hydrogen (secondary N) is 1. The van der Waals surface area contributed by atoms with Gasteiger partial charge < -0.3 is 15.0 Å². The lowest BCUT2D eigenvalue weighted by Gasteiger charge is -2.33. The zero-order chi connectivity index (χ0) is 14.1. The van der Waals surface area contributed by atoms with Gasteiger partial charge in [0.2, 0.25) is 0 Å². The second kappa shape index (κ2) is 8.54. The summed E-state index contributed by atoms with van der Waals surface area (Å²) in [6.45, 7) is 8.78. The first-order chi connectivity index (χ1) is 9.15. The lowest BCUT2D eigenvalue weighted by atomic mass is 9.87. The molecule has 19 heavy (non-hydrogen) atoms. The third-order valence-corrected chi connectivity index (χ3v) is 4.04. The van der Waals surface area contributed by atoms with E-state index in [0.29, 0.717) is 6.42 Å². The van der Waals surface area contributed by atoms with Gasteiger partial charge in [-0.3, -0.25) is 4.79 Å². The van der Waals surface area contributed by atoms with Crippen LogP contribution in [0.1, 0.15) is 52.4 Å². The van der Waals surface area contributed by atoms with Gasteiger partial charge in [0.25, 0.3) is 0 Å². The van der Waals surface area contributed by atoms with Crippen LogP contribution in [-0.2, 0) is 9.53 Å². The molecule has 0 aromatic heterocycles. The third-order valence-electron chi connectivity index (χ3n) is 4.04. The monoisotopic (exact) mass is 270 g/mol. The van der Waals surface area contributed by atoms with Crippen LogP contribution in [-0.4, -0.2) is 49.7 Å². The summed E-state index contributed by atoms with van der Waals surface area (Å²) in [5.41, 5.74) is -0.0500. The smallest absolute Gasteiger partial charge is 0.307 e. The van der Waals surface area contributed by atoms with E-state index in [1.807, 2.05) is 0 Å². The molecule has 0 radical (unpaired) electrons. The van der Waals surface area contributed by atoms with E-state index >= 15 is 0 Å². The number of nitrogens with zero attached hydrogens (tertiary/aromatic N) is 1. The molecule has 1 aliphatic heterocycles. The van der Waals surface area contributed by atoms with E-state index in [1.54, 1.807) is 0 Å². The Labute approximate surface area is 117 Å². The maximum absolute atomic E-state index is 11.7. The number of carbonyl (C=O) groups is 1. The molecule has 4 heteroatoms. The van der Waals surface area contributed by atoms with Crippen LogP contribution in [0, 0.1) is 0 Å². The molecule has 1 aliphatic rings. The SMILES string of the molecule is CCCNC1(CC(=O)OC)CCCN(CCC)CC1. The summed E-state index contributed by atoms with van der Waals surface area (Å²) in [6, 6.07) is 0. The number of carbonyl (C=O) groups excluding carboxylic acids is 1. The van der Waals surface area contributed by atoms with Crippen LogP contribution >= 0.6 is 0 Å². The normalized spacial score (nSPS) is 25.0. The zero-order valence-corrected chi connectivity index (χ0v) is 12.8. The number of hydrogen-bond donors (Lipinski definition) is 1. The van der Waals surface area contributed by atoms with Gasteiger partial charge in [-0.25, -0.2) is 0 Å². The maximum atomic E-state index is 11.7. The van der Waals surface area contributed by atoms with Crippen LogP contribution in [0.4, 0.5) is 0 Å². The maximum Gasteiger partial charge on any atom is 0.307 e. The Morgan fingerprint density at radius 2 is 2.05 bits per heavy atom. The van der Waals surface area contributed by atoms with E-state index in [1.165, 1.54) is 20.1 Å². The first kappa shape index (κ1) is 16.4. The van der Waals surface area contributed by atoms with Gasteiger partial charge in [-0.1, -0.05) is 13.8 Å². The fourth-order valence-corrected chi connectivity index (χ4v) is 2.94. The van der Waals surface area contributed by atoms with Crippen molar-refractivity contribution in [3.63, 3.8) is 0 Å². The van der Waals surface area contributed by atoms with Crippen LogP contribution in [0.25, 0.3) is 0 Å². The minimum absolute atomic E-state index is 0.0500. The molecule has 1 atom stereocenters. The van der Waals surface area contributed by atoms with Gasteiger partial charge in [0.15, 0.2) is 0 Å². The highest BCUT2D eigenvalue weighted by Gasteiger charge is 2.34. The van der Waals surface area contributed by atoms with Gasteiger partial charge >= 0.3 is 5.97 Å². The number of methoxy groups -OCH3 is 1. The highest BCUT2D eigenvalue weighted by atomic mass is 16.5. The molecule has 0 amide bonds. The van der Waals surface area contributed by atoms with Crippen molar-refractivity contribution in [2.75, 3.05) is 33.3 Å². The highest BCUT2D eigenvalue weighted by Crippen LogP contribution is 2.26. The van der Waals surface area contributed by atoms with Crippen molar-refractivity contribution in [1.29, 1.82) is 0 Å². The Morgan fingerprint density at radius 1 is 1.26 bits per heavy atom. The molecule has 1 heterocycles. The van der Waals surface area contributed by atoms with Crippen molar-refractivity contribution >= 4 is 5.97 Å². The molecule has 0 spiro atoms. The van der Waals surface area contributed by atoms with Gasteiger partial charge in [0, 0.05) is 5.54 Å². The predicted octanol–water partition coefficient (Wildman–Crippen LogP) is 2.18. The Morgan fingerprint density at radius 3 is 2.68 bits per heavy atom. The van der Waals surface area contributed by atoms with Crippen molar-refractivity contribution < 1.29 is 9.53 Å². The number of esters is 1. The minimum Gasteiger partial charge on any atom is -0.469 e. The van der Waals surface area contributed by atoms with E-state index in [0.717, 1.165) is 45.3 Å². The zero-order valence-electron chi connectivity index (χ0n) is 12.8. The van der Waals surface area contributed by atoms with Crippen molar-refractivity contribution in [1.82, 2.24) is 10.2 Å². The van der Waals surface area contributed by atoms with Crippen LogP contribution < -0.4 is 5.32 Å². The highest BCUT2D eigenvalue weighted by molar-refractivity contribution is 5.70. The van der Waals surface area contributed by atoms with Gasteiger partial charge in [-0.15, -0.1) is 0 Å². The molecule has 112 valence electrons. The van der Waals surface area contributed by atoms with E-state index in [4.69, 9.17) is 4.74 Å². The summed E-state index contributed by atoms with van der Waals surface area (Å²) in [7, 11) is 1.48. The average molecular weight is 270 g/mol. The first-order valence-electron chi connectivity index (χ1n) is 7.70. The van der Waals surface area contributed by atoms with Crippen LogP contribution in [0.15, 0.2) is 0 Å². The second-order valence-corrected chi connectivity index (χ2v) is 5.66. The predicted molar refractivity (Wildman–Crippen MR) is 78.2 cm³/mol. The van der Waals surface area contributed by atoms with E-state index in [2.05, 4.69) is 24.1 Å². The van der Waals surface area contributed by atoms with Crippen molar-refractivity contribution in [2.45, 2.75) is 57.9 Å². The third kappa shape index (κ3) is 5.49. The molecule has 1 unspecified atom stereocenters. The van der Waals surface area contributed by atoms with Gasteiger partial charge in [-0.2, -0.15) is 0 Å². The number of hydrogen-bond acceptors (Lipinski definition) is 4. The molecule has 1 N–H and O–H groups in total. The molecular formula is C15H30N2O2. The standard InChI is InChI=1S/C15H30N2O2/c1-4-9-16-15(13-14(18)19-3)7-6-11-17(10-5-2)12-8-15/h16H,4-13H2,1-3H3. The quantitative estimate of drug-likeness (QED) is 0.720. The molecule has 4 nitrogen and oxygen atoms in total. The van der Waals surface area contributed by atoms with Gasteiger partial charge in [0.05, 0.1) is 13.5 Å². The molecule has 1 fully saturated rings. The largest absolute Gasteiger partial charge is 0.469 e. The number of rotatable bonds is 7. The second-order valence-electron chi connectivity index (χ2n) is 5.66. The summed E-state index contributed by atoms with van der Waals surface area (Å²) in [5, 5.41) is 3.63. The Hall–Kier alpha value is -0.610. The first-order valence-corrected chi connectivity index (χ1v) is 7.70. The molecule has 0 aliphatic carbocycles. The van der Waals surface area contributed by atoms with Crippen LogP contribution in [0.3, 0.4) is 0 Å². The Balaban J connectivity index is 2.64. The average Bonchev–Trinajstić information content (AvgIpc) is 2.60. The lowest BCUT2D eigenvalue weighted by Crippen LogP contribution is -2.48. The van der Waals surface area contributed by atoms with E-state index in [-0.39, 0.29) is 11.5 Å². The Bertz CT molecular complexity index is 271. The number of likely N-dealkylation sites (tertiary alicyclic amines) is 1. The van der Waals surface area contributed by atoms with E-state index in [9.17, 15) is 4.79 Å². The summed E-state index contributed by atoms with van der Waals surface area (Å²) >= 11 is 0. The molecule has 0 aromatic carbocycles. The van der Waals surface area contributed by atoms with Crippen molar-refractivity contribution in [3.8, 4) is 0 Å². The summed E-state index contributed by atoms with van der Waals surface area (Å²) < 4.78 is 4.88. The molecule has 1 saturated heterocycles. The topological polar surface area (TPSA) is 41.6 Å². The van der Waals surface area contributed by atoms with Crippen LogP contribution in [0.5, 0.6) is 0 Å².